The van der Waals surface area contributed by atoms with E-state index in [4.69, 9.17) is 4.74 Å². The molecule has 2 atom stereocenters. The zero-order chi connectivity index (χ0) is 15.1. The predicted molar refractivity (Wildman–Crippen MR) is 70.7 cm³/mol. The van der Waals surface area contributed by atoms with Gasteiger partial charge in [-0.1, -0.05) is 36.4 Å². The van der Waals surface area contributed by atoms with Gasteiger partial charge in [-0.3, -0.25) is 0 Å². The van der Waals surface area contributed by atoms with Crippen LogP contribution in [0.15, 0.2) is 30.3 Å². The van der Waals surface area contributed by atoms with E-state index in [2.05, 4.69) is 0 Å². The lowest BCUT2D eigenvalue weighted by Gasteiger charge is -2.27. The lowest BCUT2D eigenvalue weighted by molar-refractivity contribution is 0.0122. The Labute approximate surface area is 121 Å². The van der Waals surface area contributed by atoms with E-state index >= 15 is 0 Å². The molecule has 1 heterocycles. The molecule has 0 radical (unpaired) electrons. The van der Waals surface area contributed by atoms with Gasteiger partial charge >= 0.3 is 0 Å². The van der Waals surface area contributed by atoms with Crippen LogP contribution in [0.1, 0.15) is 17.0 Å². The molecule has 0 aromatic heterocycles. The molecule has 1 aliphatic heterocycles. The van der Waals surface area contributed by atoms with Crippen molar-refractivity contribution in [2.45, 2.75) is 17.1 Å². The van der Waals surface area contributed by atoms with Crippen LogP contribution >= 0.6 is 0 Å². The minimum atomic E-state index is -1.84. The molecule has 0 bridgehead atoms. The van der Waals surface area contributed by atoms with Crippen LogP contribution in [0, 0.1) is 51.2 Å². The van der Waals surface area contributed by atoms with Crippen LogP contribution in [-0.2, 0) is 4.74 Å². The van der Waals surface area contributed by atoms with E-state index in [1.54, 1.807) is 24.3 Å². The molecule has 0 amide bonds. The molecule has 21 heavy (non-hydrogen) atoms. The standard InChI is InChI=1S/C16H8N4O/c17-7-15(8-18)13-6-5-11-3-1-2-4-12(11)14(13)16(9-19,10-20)21-15/h1-6,13-14H/t13-,14+/m1/s1. The van der Waals surface area contributed by atoms with Gasteiger partial charge in [-0.15, -0.1) is 0 Å². The van der Waals surface area contributed by atoms with E-state index in [1.165, 1.54) is 0 Å². The first kappa shape index (κ1) is 12.9. The smallest absolute Gasteiger partial charge is 0.251 e. The lowest BCUT2D eigenvalue weighted by atomic mass is 9.69. The van der Waals surface area contributed by atoms with Crippen molar-refractivity contribution in [1.82, 2.24) is 0 Å². The van der Waals surface area contributed by atoms with Crippen LogP contribution in [0.5, 0.6) is 0 Å². The van der Waals surface area contributed by atoms with Gasteiger partial charge in [-0.05, 0) is 11.1 Å². The van der Waals surface area contributed by atoms with E-state index in [1.807, 2.05) is 36.4 Å². The van der Waals surface area contributed by atoms with Crippen LogP contribution < -0.4 is 0 Å². The third-order valence-corrected chi connectivity index (χ3v) is 4.07. The van der Waals surface area contributed by atoms with Crippen LogP contribution in [0.25, 0.3) is 6.08 Å². The molecule has 5 heteroatoms. The van der Waals surface area contributed by atoms with Gasteiger partial charge in [0.25, 0.3) is 11.2 Å². The van der Waals surface area contributed by atoms with Gasteiger partial charge in [-0.2, -0.15) is 21.0 Å². The summed E-state index contributed by atoms with van der Waals surface area (Å²) in [5.41, 5.74) is -2.04. The summed E-state index contributed by atoms with van der Waals surface area (Å²) in [4.78, 5) is 0. The second kappa shape index (κ2) is 4.19. The molecule has 1 saturated heterocycles. The first-order valence-corrected chi connectivity index (χ1v) is 6.28. The molecule has 1 fully saturated rings. The maximum Gasteiger partial charge on any atom is 0.251 e. The fourth-order valence-electron chi connectivity index (χ4n) is 3.11. The second-order valence-corrected chi connectivity index (χ2v) is 5.01. The van der Waals surface area contributed by atoms with E-state index < -0.39 is 23.0 Å². The Morgan fingerprint density at radius 3 is 2.14 bits per heavy atom. The second-order valence-electron chi connectivity index (χ2n) is 5.01. The fraction of sp³-hybridized carbons (Fsp3) is 0.250. The van der Waals surface area contributed by atoms with Gasteiger partial charge in [0, 0.05) is 5.92 Å². The van der Waals surface area contributed by atoms with Gasteiger partial charge in [0.15, 0.2) is 0 Å². The highest BCUT2D eigenvalue weighted by atomic mass is 16.5. The molecule has 1 aromatic rings. The topological polar surface area (TPSA) is 104 Å². The third kappa shape index (κ3) is 1.44. The van der Waals surface area contributed by atoms with Crippen LogP contribution in [0.3, 0.4) is 0 Å². The van der Waals surface area contributed by atoms with Crippen LogP contribution in [0.2, 0.25) is 0 Å². The van der Waals surface area contributed by atoms with E-state index in [-0.39, 0.29) is 0 Å². The summed E-state index contributed by atoms with van der Waals surface area (Å²) in [6.45, 7) is 0. The quantitative estimate of drug-likeness (QED) is 0.718. The lowest BCUT2D eigenvalue weighted by Crippen LogP contribution is -2.34. The number of ether oxygens (including phenoxy) is 1. The molecule has 0 N–H and O–H groups in total. The molecular formula is C16H8N4O. The first-order chi connectivity index (χ1) is 10.2. The summed E-state index contributed by atoms with van der Waals surface area (Å²) in [6, 6.07) is 14.7. The molecule has 2 aliphatic rings. The van der Waals surface area contributed by atoms with E-state index in [0.717, 1.165) is 11.1 Å². The third-order valence-electron chi connectivity index (χ3n) is 4.07. The summed E-state index contributed by atoms with van der Waals surface area (Å²) in [7, 11) is 0. The molecule has 98 valence electrons. The fourth-order valence-corrected chi connectivity index (χ4v) is 3.11. The van der Waals surface area contributed by atoms with Gasteiger partial charge in [-0.25, -0.2) is 0 Å². The Bertz CT molecular complexity index is 784. The Hall–Kier alpha value is -3.12. The minimum Gasteiger partial charge on any atom is -0.311 e. The normalized spacial score (nSPS) is 26.3. The summed E-state index contributed by atoms with van der Waals surface area (Å²) in [5, 5.41) is 37.7. The SMILES string of the molecule is N#CC1(C#N)OC(C#N)(C#N)[C@H]2c3ccccc3C=C[C@H]21. The Morgan fingerprint density at radius 2 is 1.52 bits per heavy atom. The van der Waals surface area contributed by atoms with Crippen molar-refractivity contribution >= 4 is 6.08 Å². The first-order valence-electron chi connectivity index (χ1n) is 6.28. The molecule has 3 rings (SSSR count). The molecule has 1 aliphatic carbocycles. The summed E-state index contributed by atoms with van der Waals surface area (Å²) >= 11 is 0. The van der Waals surface area contributed by atoms with Crippen molar-refractivity contribution in [1.29, 1.82) is 21.0 Å². The Kier molecular flexibility index (Phi) is 2.57. The zero-order valence-corrected chi connectivity index (χ0v) is 10.8. The van der Waals surface area contributed by atoms with Crippen molar-refractivity contribution in [3.63, 3.8) is 0 Å². The van der Waals surface area contributed by atoms with Gasteiger partial charge in [0.05, 0.1) is 5.92 Å². The largest absolute Gasteiger partial charge is 0.311 e. The number of rotatable bonds is 0. The summed E-state index contributed by atoms with van der Waals surface area (Å²) < 4.78 is 5.44. The monoisotopic (exact) mass is 272 g/mol. The molecule has 1 aromatic carbocycles. The van der Waals surface area contributed by atoms with Crippen molar-refractivity contribution in [2.75, 3.05) is 0 Å². The van der Waals surface area contributed by atoms with E-state index in [0.29, 0.717) is 0 Å². The predicted octanol–water partition coefficient (Wildman–Crippen LogP) is 2.02. The highest BCUT2D eigenvalue weighted by Gasteiger charge is 2.65. The maximum absolute atomic E-state index is 9.46. The highest BCUT2D eigenvalue weighted by Crippen LogP contribution is 2.55. The average Bonchev–Trinajstić information content (AvgIpc) is 2.86. The number of benzene rings is 1. The molecule has 0 spiro atoms. The number of nitriles is 4. The number of hydrogen-bond donors (Lipinski definition) is 0. The van der Waals surface area contributed by atoms with Crippen molar-refractivity contribution in [2.24, 2.45) is 5.92 Å². The zero-order valence-electron chi connectivity index (χ0n) is 10.8. The van der Waals surface area contributed by atoms with Gasteiger partial charge in [0.1, 0.15) is 24.3 Å². The number of fused-ring (bicyclic) bond motifs is 3. The molecule has 5 nitrogen and oxygen atoms in total. The molecular weight excluding hydrogens is 264 g/mol. The van der Waals surface area contributed by atoms with Gasteiger partial charge in [0.2, 0.25) is 0 Å². The molecule has 0 saturated carbocycles. The molecule has 0 unspecified atom stereocenters. The van der Waals surface area contributed by atoms with Crippen molar-refractivity contribution in [3.05, 3.63) is 41.5 Å². The Balaban J connectivity index is 2.31. The highest BCUT2D eigenvalue weighted by molar-refractivity contribution is 5.63. The van der Waals surface area contributed by atoms with Crippen molar-refractivity contribution in [3.8, 4) is 24.3 Å². The number of hydrogen-bond acceptors (Lipinski definition) is 5. The van der Waals surface area contributed by atoms with E-state index in [9.17, 15) is 21.0 Å². The maximum atomic E-state index is 9.46. The van der Waals surface area contributed by atoms with Crippen LogP contribution in [-0.4, -0.2) is 11.2 Å². The minimum absolute atomic E-state index is 0.651. The average molecular weight is 272 g/mol. The van der Waals surface area contributed by atoms with Crippen LogP contribution in [0.4, 0.5) is 0 Å². The summed E-state index contributed by atoms with van der Waals surface area (Å²) in [5.74, 6) is -1.31. The van der Waals surface area contributed by atoms with Crippen molar-refractivity contribution < 1.29 is 4.74 Å². The Morgan fingerprint density at radius 1 is 0.905 bits per heavy atom. The number of nitrogens with zero attached hydrogens (tertiary/aromatic N) is 4. The van der Waals surface area contributed by atoms with Gasteiger partial charge < -0.3 is 4.74 Å². The summed E-state index contributed by atoms with van der Waals surface area (Å²) in [6.07, 6.45) is 3.49.